The summed E-state index contributed by atoms with van der Waals surface area (Å²) < 4.78 is 17.0. The lowest BCUT2D eigenvalue weighted by Crippen LogP contribution is -2.10. The van der Waals surface area contributed by atoms with Crippen LogP contribution in [0.2, 0.25) is 0 Å². The highest BCUT2D eigenvalue weighted by Crippen LogP contribution is 2.28. The number of aliphatic carboxylic acids is 1. The van der Waals surface area contributed by atoms with E-state index in [-0.39, 0.29) is 12.8 Å². The predicted molar refractivity (Wildman–Crippen MR) is 142 cm³/mol. The highest BCUT2D eigenvalue weighted by molar-refractivity contribution is 7.13. The molecule has 9 nitrogen and oxygen atoms in total. The number of methoxy groups -OCH3 is 1. The maximum absolute atomic E-state index is 11.0. The molecule has 1 amide bonds. The van der Waals surface area contributed by atoms with Gasteiger partial charge in [0.25, 0.3) is 0 Å². The number of hydrogen-bond acceptors (Lipinski definition) is 8. The molecule has 0 unspecified atom stereocenters. The van der Waals surface area contributed by atoms with Gasteiger partial charge >= 0.3 is 5.97 Å². The Kier molecular flexibility index (Phi) is 11.9. The van der Waals surface area contributed by atoms with E-state index in [1.807, 2.05) is 18.2 Å². The van der Waals surface area contributed by atoms with Gasteiger partial charge in [-0.1, -0.05) is 31.2 Å². The van der Waals surface area contributed by atoms with Gasteiger partial charge in [0.2, 0.25) is 5.91 Å². The Morgan fingerprint density at radius 3 is 2.43 bits per heavy atom. The van der Waals surface area contributed by atoms with Crippen molar-refractivity contribution in [3.8, 4) is 23.3 Å². The number of anilines is 1. The summed E-state index contributed by atoms with van der Waals surface area (Å²) in [7, 11) is 1.66. The maximum atomic E-state index is 11.0. The molecule has 2 aromatic carbocycles. The van der Waals surface area contributed by atoms with Gasteiger partial charge in [-0.25, -0.2) is 4.98 Å². The quantitative estimate of drug-likeness (QED) is 0.336. The van der Waals surface area contributed by atoms with E-state index in [9.17, 15) is 9.59 Å². The third-order valence-corrected chi connectivity index (χ3v) is 5.81. The molecule has 0 aliphatic carbocycles. The highest BCUT2D eigenvalue weighted by Gasteiger charge is 2.09. The van der Waals surface area contributed by atoms with E-state index in [0.717, 1.165) is 46.1 Å². The summed E-state index contributed by atoms with van der Waals surface area (Å²) in [5.41, 5.74) is 3.91. The Morgan fingerprint density at radius 1 is 1.11 bits per heavy atom. The average Bonchev–Trinajstić information content (AvgIpc) is 3.29. The van der Waals surface area contributed by atoms with E-state index in [2.05, 4.69) is 49.3 Å². The second-order valence-electron chi connectivity index (χ2n) is 7.85. The number of para-hydroxylation sites is 1. The largest absolute Gasteiger partial charge is 0.493 e. The van der Waals surface area contributed by atoms with Crippen LogP contribution in [-0.2, 0) is 22.4 Å². The molecule has 0 aliphatic heterocycles. The predicted octanol–water partition coefficient (Wildman–Crippen LogP) is 4.95. The van der Waals surface area contributed by atoms with Crippen LogP contribution >= 0.6 is 11.3 Å². The lowest BCUT2D eigenvalue weighted by Gasteiger charge is -2.14. The molecule has 37 heavy (non-hydrogen) atoms. The molecule has 0 bridgehead atoms. The van der Waals surface area contributed by atoms with Crippen LogP contribution in [0.4, 0.5) is 5.13 Å². The number of aromatic nitrogens is 1. The lowest BCUT2D eigenvalue weighted by atomic mass is 10.1. The number of amides is 1. The first-order valence-corrected chi connectivity index (χ1v) is 12.5. The average molecular weight is 526 g/mol. The molecule has 0 saturated heterocycles. The number of carbonyl (C=O) groups is 2. The number of carbonyl (C=O) groups excluding carboxylic acids is 1. The zero-order valence-electron chi connectivity index (χ0n) is 21.4. The van der Waals surface area contributed by atoms with Crippen molar-refractivity contribution < 1.29 is 28.9 Å². The third-order valence-electron chi connectivity index (χ3n) is 5.00. The summed E-state index contributed by atoms with van der Waals surface area (Å²) >= 11 is 1.13. The van der Waals surface area contributed by atoms with Gasteiger partial charge in [0.15, 0.2) is 16.6 Å². The first-order valence-electron chi connectivity index (χ1n) is 11.6. The van der Waals surface area contributed by atoms with Crippen LogP contribution in [0, 0.1) is 25.2 Å². The first kappa shape index (κ1) is 29.1. The molecule has 10 heteroatoms. The van der Waals surface area contributed by atoms with Crippen molar-refractivity contribution in [2.75, 3.05) is 25.6 Å². The van der Waals surface area contributed by atoms with Gasteiger partial charge in [0.05, 0.1) is 25.3 Å². The van der Waals surface area contributed by atoms with E-state index in [4.69, 9.17) is 24.6 Å². The minimum Gasteiger partial charge on any atom is -0.493 e. The molecule has 2 N–H and O–H groups in total. The molecule has 3 rings (SSSR count). The normalized spacial score (nSPS) is 9.92. The number of aryl methyl sites for hydroxylation is 3. The van der Waals surface area contributed by atoms with Crippen molar-refractivity contribution in [3.63, 3.8) is 0 Å². The van der Waals surface area contributed by atoms with Crippen molar-refractivity contribution in [3.05, 3.63) is 64.2 Å². The Bertz CT molecular complexity index is 1210. The van der Waals surface area contributed by atoms with E-state index < -0.39 is 11.9 Å². The number of nitrogens with zero attached hydrogens (tertiary/aromatic N) is 2. The van der Waals surface area contributed by atoms with E-state index >= 15 is 0 Å². The van der Waals surface area contributed by atoms with Gasteiger partial charge < -0.3 is 24.6 Å². The molecular weight excluding hydrogens is 494 g/mol. The number of nitriles is 1. The number of nitrogens with one attached hydrogen (secondary N) is 1. The van der Waals surface area contributed by atoms with Gasteiger partial charge in [0.1, 0.15) is 25.4 Å². The molecule has 196 valence electrons. The van der Waals surface area contributed by atoms with Crippen molar-refractivity contribution in [2.24, 2.45) is 0 Å². The number of rotatable bonds is 11. The molecule has 0 saturated carbocycles. The van der Waals surface area contributed by atoms with Crippen molar-refractivity contribution in [1.82, 2.24) is 4.98 Å². The number of thiazole rings is 1. The summed E-state index contributed by atoms with van der Waals surface area (Å²) in [5.74, 6) is 1.04. The zero-order chi connectivity index (χ0) is 27.2. The van der Waals surface area contributed by atoms with Crippen LogP contribution in [0.3, 0.4) is 0 Å². The molecule has 1 aromatic heterocycles. The van der Waals surface area contributed by atoms with Gasteiger partial charge in [0, 0.05) is 5.38 Å². The minimum atomic E-state index is -0.977. The Hall–Kier alpha value is -4.10. The summed E-state index contributed by atoms with van der Waals surface area (Å²) in [5, 5.41) is 21.0. The lowest BCUT2D eigenvalue weighted by molar-refractivity contribution is -0.136. The summed E-state index contributed by atoms with van der Waals surface area (Å²) in [6, 6.07) is 13.9. The standard InChI is InChI=1S/C19H24O3.C8H7N3O3S/c1-5-16-9-10-17(18(13-16)20-4)21-11-12-22-19-14(2)7-6-8-15(19)3;9-2-1-6(12)11-8-10-5(4-15-8)3-7(13)14/h6-10,13H,5,11-12H2,1-4H3;4H,1,3H2,(H,13,14)(H,10,11,12). The zero-order valence-corrected chi connectivity index (χ0v) is 22.2. The Labute approximate surface area is 220 Å². The number of ether oxygens (including phenoxy) is 3. The van der Waals surface area contributed by atoms with Crippen LogP contribution < -0.4 is 19.5 Å². The van der Waals surface area contributed by atoms with Gasteiger partial charge in [-0.3, -0.25) is 9.59 Å². The fourth-order valence-corrected chi connectivity index (χ4v) is 3.94. The van der Waals surface area contributed by atoms with E-state index in [1.165, 1.54) is 5.56 Å². The fraction of sp³-hybridized carbons (Fsp3) is 0.333. The summed E-state index contributed by atoms with van der Waals surface area (Å²) in [6.07, 6.45) is 0.560. The van der Waals surface area contributed by atoms with Crippen molar-refractivity contribution >= 4 is 28.3 Å². The molecule has 1 heterocycles. The maximum Gasteiger partial charge on any atom is 0.309 e. The molecular formula is C27H31N3O6S. The molecule has 3 aromatic rings. The molecule has 0 radical (unpaired) electrons. The smallest absolute Gasteiger partial charge is 0.309 e. The van der Waals surface area contributed by atoms with Crippen LogP contribution in [0.1, 0.15) is 35.7 Å². The monoisotopic (exact) mass is 525 g/mol. The van der Waals surface area contributed by atoms with Crippen molar-refractivity contribution in [1.29, 1.82) is 5.26 Å². The van der Waals surface area contributed by atoms with Crippen LogP contribution in [-0.4, -0.2) is 42.3 Å². The molecule has 0 aliphatic rings. The second kappa shape index (κ2) is 15.1. The number of hydrogen-bond donors (Lipinski definition) is 2. The molecule has 0 fully saturated rings. The van der Waals surface area contributed by atoms with Crippen LogP contribution in [0.15, 0.2) is 41.8 Å². The SMILES string of the molecule is CCc1ccc(OCCOc2c(C)cccc2C)c(OC)c1.N#CCC(=O)Nc1nc(CC(=O)O)cs1. The topological polar surface area (TPSA) is 131 Å². The van der Waals surface area contributed by atoms with Gasteiger partial charge in [-0.15, -0.1) is 11.3 Å². The van der Waals surface area contributed by atoms with E-state index in [1.54, 1.807) is 18.6 Å². The highest BCUT2D eigenvalue weighted by atomic mass is 32.1. The second-order valence-corrected chi connectivity index (χ2v) is 8.71. The van der Waals surface area contributed by atoms with Crippen molar-refractivity contribution in [2.45, 2.75) is 40.0 Å². The molecule has 0 atom stereocenters. The first-order chi connectivity index (χ1) is 17.8. The van der Waals surface area contributed by atoms with Crippen LogP contribution in [0.5, 0.6) is 17.2 Å². The number of carboxylic acid groups (broad SMARTS) is 1. The van der Waals surface area contributed by atoms with E-state index in [0.29, 0.717) is 24.0 Å². The molecule has 0 spiro atoms. The van der Waals surface area contributed by atoms with Gasteiger partial charge in [-0.2, -0.15) is 5.26 Å². The van der Waals surface area contributed by atoms with Gasteiger partial charge in [-0.05, 0) is 49.1 Å². The fourth-order valence-electron chi connectivity index (χ4n) is 3.21. The minimum absolute atomic E-state index is 0.176. The Balaban J connectivity index is 0.000000281. The number of carboxylic acids is 1. The summed E-state index contributed by atoms with van der Waals surface area (Å²) in [4.78, 5) is 25.2. The Morgan fingerprint density at radius 2 is 1.81 bits per heavy atom. The summed E-state index contributed by atoms with van der Waals surface area (Å²) in [6.45, 7) is 7.21. The van der Waals surface area contributed by atoms with Crippen LogP contribution in [0.25, 0.3) is 0 Å². The number of benzene rings is 2. The third kappa shape index (κ3) is 9.82.